The van der Waals surface area contributed by atoms with E-state index in [-0.39, 0.29) is 17.0 Å². The maximum atomic E-state index is 12.8. The lowest BCUT2D eigenvalue weighted by Gasteiger charge is -2.19. The van der Waals surface area contributed by atoms with E-state index in [1.165, 1.54) is 10.9 Å². The monoisotopic (exact) mass is 290 g/mol. The Labute approximate surface area is 110 Å². The maximum absolute atomic E-state index is 12.8. The molecule has 2 heterocycles. The highest BCUT2D eigenvalue weighted by molar-refractivity contribution is 7.80. The first kappa shape index (κ1) is 13.5. The number of imidazole rings is 1. The van der Waals surface area contributed by atoms with Crippen molar-refractivity contribution in [2.75, 3.05) is 5.73 Å². The van der Waals surface area contributed by atoms with E-state index in [0.29, 0.717) is 0 Å². The fraction of sp³-hybridized carbons (Fsp3) is 0.333. The molecule has 1 atom stereocenters. The van der Waals surface area contributed by atoms with Crippen molar-refractivity contribution in [2.45, 2.75) is 12.7 Å². The zero-order chi connectivity index (χ0) is 14.2. The van der Waals surface area contributed by atoms with E-state index in [1.807, 2.05) is 0 Å². The first-order chi connectivity index (χ1) is 8.80. The van der Waals surface area contributed by atoms with Gasteiger partial charge in [0, 0.05) is 6.54 Å². The number of rotatable bonds is 3. The van der Waals surface area contributed by atoms with Gasteiger partial charge in [-0.2, -0.15) is 13.2 Å². The molecule has 2 aromatic rings. The minimum absolute atomic E-state index is 0.0997. The van der Waals surface area contributed by atoms with Crippen LogP contribution < -0.4 is 11.5 Å². The van der Waals surface area contributed by atoms with Crippen molar-refractivity contribution in [1.82, 2.24) is 19.5 Å². The van der Waals surface area contributed by atoms with Crippen LogP contribution in [0.5, 0.6) is 0 Å². The summed E-state index contributed by atoms with van der Waals surface area (Å²) < 4.78 is 39.5. The van der Waals surface area contributed by atoms with Crippen LogP contribution in [-0.4, -0.2) is 30.7 Å². The van der Waals surface area contributed by atoms with E-state index in [0.717, 1.165) is 6.33 Å². The van der Waals surface area contributed by atoms with Crippen molar-refractivity contribution < 1.29 is 13.2 Å². The van der Waals surface area contributed by atoms with E-state index in [2.05, 4.69) is 27.2 Å². The lowest BCUT2D eigenvalue weighted by Crippen LogP contribution is -2.37. The fourth-order valence-corrected chi connectivity index (χ4v) is 1.79. The molecule has 0 bridgehead atoms. The molecule has 0 saturated heterocycles. The van der Waals surface area contributed by atoms with Gasteiger partial charge in [-0.1, -0.05) is 12.2 Å². The number of halogens is 3. The predicted molar refractivity (Wildman–Crippen MR) is 66.1 cm³/mol. The third-order valence-electron chi connectivity index (χ3n) is 2.55. The van der Waals surface area contributed by atoms with Gasteiger partial charge in [0.15, 0.2) is 11.5 Å². The highest BCUT2D eigenvalue weighted by Crippen LogP contribution is 2.29. The van der Waals surface area contributed by atoms with Crippen LogP contribution in [0.2, 0.25) is 0 Å². The molecule has 2 rings (SSSR count). The largest absolute Gasteiger partial charge is 0.399 e. The first-order valence-corrected chi connectivity index (χ1v) is 5.49. The number of hydrogen-bond acceptors (Lipinski definition) is 5. The van der Waals surface area contributed by atoms with Crippen LogP contribution in [0.25, 0.3) is 11.2 Å². The highest BCUT2D eigenvalue weighted by atomic mass is 32.1. The Bertz CT molecular complexity index is 622. The zero-order valence-corrected chi connectivity index (χ0v) is 10.2. The lowest BCUT2D eigenvalue weighted by molar-refractivity contribution is -0.157. The molecule has 10 heteroatoms. The molecule has 0 aliphatic rings. The summed E-state index contributed by atoms with van der Waals surface area (Å²) in [6.45, 7) is -0.494. The van der Waals surface area contributed by atoms with Crippen LogP contribution in [-0.2, 0) is 6.54 Å². The van der Waals surface area contributed by atoms with E-state index < -0.39 is 23.6 Å². The Morgan fingerprint density at radius 1 is 1.37 bits per heavy atom. The standard InChI is InChI=1S/C9H9F3N6S/c10-9(11,12)4(7(14)19)1-18-3-17-5-6(13)15-2-16-8(5)18/h2-4H,1H2,(H2,14,19)(H2,13,15,16). The maximum Gasteiger partial charge on any atom is 0.399 e. The summed E-state index contributed by atoms with van der Waals surface area (Å²) >= 11 is 4.45. The summed E-state index contributed by atoms with van der Waals surface area (Å²) in [5.74, 6) is -1.85. The van der Waals surface area contributed by atoms with Crippen molar-refractivity contribution >= 4 is 34.2 Å². The smallest absolute Gasteiger partial charge is 0.393 e. The summed E-state index contributed by atoms with van der Waals surface area (Å²) in [7, 11) is 0. The van der Waals surface area contributed by atoms with Crippen LogP contribution in [0.4, 0.5) is 19.0 Å². The number of anilines is 1. The minimum Gasteiger partial charge on any atom is -0.393 e. The number of nitrogens with two attached hydrogens (primary N) is 2. The molecule has 6 nitrogen and oxygen atoms in total. The third-order valence-corrected chi connectivity index (χ3v) is 2.83. The molecular formula is C9H9F3N6S. The summed E-state index contributed by atoms with van der Waals surface area (Å²) in [5, 5.41) is 0. The van der Waals surface area contributed by atoms with E-state index in [9.17, 15) is 13.2 Å². The number of fused-ring (bicyclic) bond motifs is 1. The molecule has 0 aliphatic carbocycles. The normalized spacial score (nSPS) is 13.6. The van der Waals surface area contributed by atoms with Crippen LogP contribution in [0.3, 0.4) is 0 Å². The third kappa shape index (κ3) is 2.57. The molecule has 0 radical (unpaired) electrons. The highest BCUT2D eigenvalue weighted by Gasteiger charge is 2.42. The van der Waals surface area contributed by atoms with Gasteiger partial charge >= 0.3 is 6.18 Å². The van der Waals surface area contributed by atoms with Gasteiger partial charge in [0.1, 0.15) is 17.8 Å². The second-order valence-electron chi connectivity index (χ2n) is 3.82. The number of thiocarbonyl (C=S) groups is 1. The van der Waals surface area contributed by atoms with Gasteiger partial charge in [-0.15, -0.1) is 0 Å². The van der Waals surface area contributed by atoms with Crippen molar-refractivity contribution in [1.29, 1.82) is 0 Å². The lowest BCUT2D eigenvalue weighted by atomic mass is 10.1. The van der Waals surface area contributed by atoms with E-state index >= 15 is 0 Å². The molecule has 0 fully saturated rings. The van der Waals surface area contributed by atoms with Gasteiger partial charge in [0.05, 0.1) is 11.3 Å². The molecule has 0 spiro atoms. The number of nitrogens with zero attached hydrogens (tertiary/aromatic N) is 4. The predicted octanol–water partition coefficient (Wildman–Crippen LogP) is 0.873. The molecule has 1 unspecified atom stereocenters. The van der Waals surface area contributed by atoms with Crippen LogP contribution in [0.1, 0.15) is 0 Å². The molecule has 0 aliphatic heterocycles. The second-order valence-corrected chi connectivity index (χ2v) is 4.30. The van der Waals surface area contributed by atoms with E-state index in [4.69, 9.17) is 11.5 Å². The molecule has 0 saturated carbocycles. The molecular weight excluding hydrogens is 281 g/mol. The van der Waals surface area contributed by atoms with Gasteiger partial charge in [-0.05, 0) is 0 Å². The quantitative estimate of drug-likeness (QED) is 0.814. The van der Waals surface area contributed by atoms with Gasteiger partial charge in [-0.25, -0.2) is 15.0 Å². The summed E-state index contributed by atoms with van der Waals surface area (Å²) in [6, 6.07) is 0. The average molecular weight is 290 g/mol. The zero-order valence-electron chi connectivity index (χ0n) is 9.42. The average Bonchev–Trinajstić information content (AvgIpc) is 2.68. The van der Waals surface area contributed by atoms with Crippen molar-refractivity contribution in [2.24, 2.45) is 11.7 Å². The Balaban J connectivity index is 2.40. The SMILES string of the molecule is NC(=S)C(Cn1cnc2c(N)ncnc21)C(F)(F)F. The number of alkyl halides is 3. The number of aromatic nitrogens is 4. The molecule has 2 aromatic heterocycles. The van der Waals surface area contributed by atoms with Crippen molar-refractivity contribution in [3.05, 3.63) is 12.7 Å². The summed E-state index contributed by atoms with van der Waals surface area (Å²) in [5.41, 5.74) is 11.1. The van der Waals surface area contributed by atoms with Gasteiger partial charge in [0.2, 0.25) is 0 Å². The Hall–Kier alpha value is -1.97. The van der Waals surface area contributed by atoms with Gasteiger partial charge in [0.25, 0.3) is 0 Å². The van der Waals surface area contributed by atoms with Gasteiger partial charge in [-0.3, -0.25) is 0 Å². The van der Waals surface area contributed by atoms with Crippen LogP contribution >= 0.6 is 12.2 Å². The molecule has 0 amide bonds. The minimum atomic E-state index is -4.53. The molecule has 0 aromatic carbocycles. The molecule has 102 valence electrons. The van der Waals surface area contributed by atoms with Crippen LogP contribution in [0.15, 0.2) is 12.7 Å². The Morgan fingerprint density at radius 3 is 2.63 bits per heavy atom. The topological polar surface area (TPSA) is 95.6 Å². The van der Waals surface area contributed by atoms with Crippen molar-refractivity contribution in [3.8, 4) is 0 Å². The molecule has 4 N–H and O–H groups in total. The molecule has 19 heavy (non-hydrogen) atoms. The van der Waals surface area contributed by atoms with Crippen molar-refractivity contribution in [3.63, 3.8) is 0 Å². The van der Waals surface area contributed by atoms with Crippen LogP contribution in [0, 0.1) is 5.92 Å². The van der Waals surface area contributed by atoms with E-state index in [1.54, 1.807) is 0 Å². The first-order valence-electron chi connectivity index (χ1n) is 5.08. The number of nitrogen functional groups attached to an aromatic ring is 1. The Kier molecular flexibility index (Phi) is 3.27. The summed E-state index contributed by atoms with van der Waals surface area (Å²) in [4.78, 5) is 10.8. The Morgan fingerprint density at radius 2 is 2.05 bits per heavy atom. The summed E-state index contributed by atoms with van der Waals surface area (Å²) in [6.07, 6.45) is -2.17. The van der Waals surface area contributed by atoms with Gasteiger partial charge < -0.3 is 16.0 Å². The fourth-order valence-electron chi connectivity index (χ4n) is 1.58. The number of hydrogen-bond donors (Lipinski definition) is 2. The second kappa shape index (κ2) is 4.61.